The van der Waals surface area contributed by atoms with Crippen molar-refractivity contribution in [1.82, 2.24) is 0 Å². The maximum absolute atomic E-state index is 15.0. The van der Waals surface area contributed by atoms with E-state index in [1.165, 1.54) is 0 Å². The number of hydrogen-bond acceptors (Lipinski definition) is 7. The molecule has 12 heteroatoms. The van der Waals surface area contributed by atoms with Crippen molar-refractivity contribution in [2.45, 2.75) is 79.9 Å². The fraction of sp³-hybridized carbons (Fsp3) is 0.545. The van der Waals surface area contributed by atoms with Crippen molar-refractivity contribution in [2.75, 3.05) is 0 Å². The summed E-state index contributed by atoms with van der Waals surface area (Å²) in [5, 5.41) is 0. The maximum atomic E-state index is 15.0. The molecule has 0 amide bonds. The number of benzene rings is 2. The lowest BCUT2D eigenvalue weighted by atomic mass is 9.46. The molecule has 0 spiro atoms. The van der Waals surface area contributed by atoms with Crippen molar-refractivity contribution in [3.63, 3.8) is 0 Å². The first kappa shape index (κ1) is 29.3. The predicted octanol–water partition coefficient (Wildman–Crippen LogP) is 5.66. The summed E-state index contributed by atoms with van der Waals surface area (Å²) in [5.41, 5.74) is 0.266. The van der Waals surface area contributed by atoms with Crippen LogP contribution in [-0.4, -0.2) is 30.5 Å². The second-order valence-corrected chi connectivity index (χ2v) is 15.9. The highest BCUT2D eigenvalue weighted by Crippen LogP contribution is 2.62. The highest BCUT2D eigenvalue weighted by atomic mass is 32.2. The third-order valence-electron chi connectivity index (χ3n) is 12.0. The molecule has 0 saturated heterocycles. The van der Waals surface area contributed by atoms with Gasteiger partial charge in [0.05, 0.1) is 5.56 Å². The number of esters is 1. The Morgan fingerprint density at radius 1 is 0.733 bits per heavy atom. The predicted molar refractivity (Wildman–Crippen MR) is 146 cm³/mol. The minimum atomic E-state index is -5.95. The monoisotopic (exact) mass is 645 g/mol. The number of halogens is 4. The average Bonchev–Trinajstić information content (AvgIpc) is 2.98. The van der Waals surface area contributed by atoms with Gasteiger partial charge in [0.1, 0.15) is 26.6 Å². The van der Waals surface area contributed by atoms with E-state index in [0.29, 0.717) is 43.6 Å². The molecule has 7 nitrogen and oxygen atoms in total. The number of ketones is 2. The molecule has 0 N–H and O–H groups in total. The fourth-order valence-corrected chi connectivity index (χ4v) is 11.3. The first-order valence-electron chi connectivity index (χ1n) is 15.5. The molecule has 2 aromatic carbocycles. The third-order valence-corrected chi connectivity index (χ3v) is 12.9. The summed E-state index contributed by atoms with van der Waals surface area (Å²) in [5.74, 6) is -12.1. The van der Waals surface area contributed by atoms with Crippen LogP contribution in [0.25, 0.3) is 0 Å². The first-order valence-corrected chi connectivity index (χ1v) is 16.9. The maximum Gasteiger partial charge on any atom is 0.344 e. The molecule has 8 aliphatic carbocycles. The molecule has 8 saturated carbocycles. The number of carbonyl (C=O) groups is 3. The lowest BCUT2D eigenvalue weighted by Crippen LogP contribution is -2.54. The zero-order valence-electron chi connectivity index (χ0n) is 24.0. The van der Waals surface area contributed by atoms with Gasteiger partial charge in [-0.15, -0.1) is 0 Å². The van der Waals surface area contributed by atoms with Crippen LogP contribution in [0.2, 0.25) is 0 Å². The molecule has 0 aliphatic heterocycles. The van der Waals surface area contributed by atoms with E-state index in [0.717, 1.165) is 37.7 Å². The lowest BCUT2D eigenvalue weighted by Gasteiger charge is -2.57. The number of hydrogen-bond donors (Lipinski definition) is 0. The Morgan fingerprint density at radius 2 is 1.20 bits per heavy atom. The van der Waals surface area contributed by atoms with E-state index < -0.39 is 60.8 Å². The molecular formula is C33H29F4O7S-. The largest absolute Gasteiger partial charge is 0.744 e. The van der Waals surface area contributed by atoms with Crippen LogP contribution in [0.1, 0.15) is 85.7 Å². The second-order valence-electron chi connectivity index (χ2n) is 14.6. The van der Waals surface area contributed by atoms with Gasteiger partial charge in [0, 0.05) is 23.7 Å². The van der Waals surface area contributed by atoms with Gasteiger partial charge >= 0.3 is 5.97 Å². The van der Waals surface area contributed by atoms with Crippen molar-refractivity contribution < 1.29 is 49.7 Å². The van der Waals surface area contributed by atoms with E-state index in [9.17, 15) is 44.9 Å². The Hall–Kier alpha value is -3.12. The average molecular weight is 646 g/mol. The molecule has 4 unspecified atom stereocenters. The molecule has 8 aliphatic rings. The summed E-state index contributed by atoms with van der Waals surface area (Å²) in [6.07, 6.45) is 6.91. The van der Waals surface area contributed by atoms with Gasteiger partial charge < -0.3 is 9.29 Å². The Balaban J connectivity index is 1.25. The van der Waals surface area contributed by atoms with Gasteiger partial charge in [-0.1, -0.05) is 12.1 Å². The number of Topliss-reactive ketones (excluding diaryl/α,β-unsaturated/α-hetero) is 2. The van der Waals surface area contributed by atoms with Gasteiger partial charge in [-0.2, -0.15) is 8.78 Å². The Kier molecular flexibility index (Phi) is 6.16. The number of rotatable bonds is 5. The van der Waals surface area contributed by atoms with Gasteiger partial charge in [-0.05, 0) is 104 Å². The van der Waals surface area contributed by atoms with Crippen molar-refractivity contribution >= 4 is 27.7 Å². The number of ether oxygens (including phenoxy) is 1. The van der Waals surface area contributed by atoms with Crippen LogP contribution in [0, 0.1) is 58.8 Å². The van der Waals surface area contributed by atoms with Crippen LogP contribution in [-0.2, 0) is 30.5 Å². The van der Waals surface area contributed by atoms with Crippen LogP contribution in [0.4, 0.5) is 17.6 Å². The quantitative estimate of drug-likeness (QED) is 0.135. The minimum Gasteiger partial charge on any atom is -0.744 e. The smallest absolute Gasteiger partial charge is 0.344 e. The van der Waals surface area contributed by atoms with Crippen LogP contribution in [0.15, 0.2) is 23.1 Å². The Labute approximate surface area is 256 Å². The van der Waals surface area contributed by atoms with Crippen molar-refractivity contribution in [1.29, 1.82) is 0 Å². The van der Waals surface area contributed by atoms with Crippen LogP contribution in [0.3, 0.4) is 0 Å². The topological polar surface area (TPSA) is 118 Å². The van der Waals surface area contributed by atoms with E-state index >= 15 is 0 Å². The molecule has 0 aromatic heterocycles. The fourth-order valence-electron chi connectivity index (χ4n) is 10.7. The van der Waals surface area contributed by atoms with Crippen molar-refractivity contribution in [2.24, 2.45) is 35.5 Å². The normalized spacial score (nSPS) is 36.2. The highest BCUT2D eigenvalue weighted by Gasteiger charge is 2.58. The third kappa shape index (κ3) is 4.16. The van der Waals surface area contributed by atoms with E-state index in [4.69, 9.17) is 4.74 Å². The Bertz CT molecular complexity index is 1770. The molecule has 238 valence electrons. The highest BCUT2D eigenvalue weighted by molar-refractivity contribution is 7.85. The van der Waals surface area contributed by atoms with Crippen LogP contribution < -0.4 is 4.74 Å². The summed E-state index contributed by atoms with van der Waals surface area (Å²) in [6.45, 7) is 0. The molecule has 0 heterocycles. The molecular weight excluding hydrogens is 616 g/mol. The SMILES string of the molecule is O=C(Oc1c(F)c(F)c(S(=O)(=O)[O-])c(F)c1F)c1cc(C23CC4CC(C2)C(=O)C(C4)C3)ccc1C12CC3CC(C1)C(=O)C(C3)C2. The van der Waals surface area contributed by atoms with Crippen molar-refractivity contribution in [3.8, 4) is 5.75 Å². The molecule has 45 heavy (non-hydrogen) atoms. The summed E-state index contributed by atoms with van der Waals surface area (Å²) < 4.78 is 98.0. The zero-order chi connectivity index (χ0) is 31.8. The molecule has 8 bridgehead atoms. The van der Waals surface area contributed by atoms with E-state index in [1.54, 1.807) is 6.07 Å². The van der Waals surface area contributed by atoms with Gasteiger partial charge in [0.15, 0.2) is 11.6 Å². The van der Waals surface area contributed by atoms with E-state index in [-0.39, 0.29) is 46.7 Å². The standard InChI is InChI=1S/C33H30F4O7S/c34-23-25(36)30(45(41,42)43)26(37)24(35)29(23)44-31(40)21-7-20(32-8-14-3-16(10-32)27(38)17(4-14)11-32)1-2-22(21)33-9-15-5-18(12-33)28(39)19(6-15)13-33/h1-2,7,14-19H,3-6,8-13H2,(H,41,42,43)/p-1. The van der Waals surface area contributed by atoms with Gasteiger partial charge in [-0.3, -0.25) is 9.59 Å². The van der Waals surface area contributed by atoms with E-state index in [2.05, 4.69) is 0 Å². The Morgan fingerprint density at radius 3 is 1.69 bits per heavy atom. The molecule has 4 atom stereocenters. The summed E-state index contributed by atoms with van der Waals surface area (Å²) >= 11 is 0. The number of carbonyl (C=O) groups excluding carboxylic acids is 3. The van der Waals surface area contributed by atoms with Crippen LogP contribution >= 0.6 is 0 Å². The van der Waals surface area contributed by atoms with Gasteiger partial charge in [0.25, 0.3) is 0 Å². The minimum absolute atomic E-state index is 0.0517. The second kappa shape index (κ2) is 9.47. The van der Waals surface area contributed by atoms with Crippen LogP contribution in [0.5, 0.6) is 5.75 Å². The molecule has 0 radical (unpaired) electrons. The van der Waals surface area contributed by atoms with E-state index in [1.807, 2.05) is 12.1 Å². The lowest BCUT2D eigenvalue weighted by molar-refractivity contribution is -0.142. The molecule has 2 aromatic rings. The van der Waals surface area contributed by atoms with Gasteiger partial charge in [-0.25, -0.2) is 22.0 Å². The first-order chi connectivity index (χ1) is 21.2. The zero-order valence-corrected chi connectivity index (χ0v) is 24.9. The summed E-state index contributed by atoms with van der Waals surface area (Å²) in [7, 11) is -5.95. The summed E-state index contributed by atoms with van der Waals surface area (Å²) in [6, 6.07) is 5.37. The molecule has 8 fully saturated rings. The summed E-state index contributed by atoms with van der Waals surface area (Å²) in [4.78, 5) is 37.4. The molecule has 10 rings (SSSR count). The van der Waals surface area contributed by atoms with Gasteiger partial charge in [0.2, 0.25) is 17.4 Å². The van der Waals surface area contributed by atoms with Crippen molar-refractivity contribution in [3.05, 3.63) is 58.2 Å².